The van der Waals surface area contributed by atoms with Crippen LogP contribution in [0.3, 0.4) is 0 Å². The van der Waals surface area contributed by atoms with Crippen molar-refractivity contribution >= 4 is 17.1 Å². The molecule has 0 amide bonds. The van der Waals surface area contributed by atoms with Gasteiger partial charge in [0.25, 0.3) is 0 Å². The Kier molecular flexibility index (Phi) is 3.89. The van der Waals surface area contributed by atoms with E-state index in [0.717, 1.165) is 22.4 Å². The Morgan fingerprint density at radius 2 is 1.62 bits per heavy atom. The molecule has 4 rings (SSSR count). The number of hydrogen-bond donors (Lipinski definition) is 1. The summed E-state index contributed by atoms with van der Waals surface area (Å²) in [5.41, 5.74) is 4.07. The van der Waals surface area contributed by atoms with Gasteiger partial charge in [0.2, 0.25) is 0 Å². The minimum absolute atomic E-state index is 0.232. The normalized spacial score (nSPS) is 13.8. The molecule has 3 aromatic rings. The second-order valence-electron chi connectivity index (χ2n) is 5.85. The number of benzene rings is 1. The first-order valence-corrected chi connectivity index (χ1v) is 7.99. The highest BCUT2D eigenvalue weighted by Gasteiger charge is 2.23. The number of carbonyl (C=O) groups excluding carboxylic acids is 2. The molecule has 1 aliphatic carbocycles. The second-order valence-corrected chi connectivity index (χ2v) is 5.85. The summed E-state index contributed by atoms with van der Waals surface area (Å²) in [5.74, 6) is -0.790. The summed E-state index contributed by atoms with van der Waals surface area (Å²) >= 11 is 0. The molecule has 26 heavy (non-hydrogen) atoms. The van der Waals surface area contributed by atoms with E-state index < -0.39 is 0 Å². The van der Waals surface area contributed by atoms with E-state index in [1.54, 1.807) is 30.7 Å². The summed E-state index contributed by atoms with van der Waals surface area (Å²) in [5, 5.41) is 0. The lowest BCUT2D eigenvalue weighted by molar-refractivity contribution is -0.113. The zero-order valence-electron chi connectivity index (χ0n) is 13.6. The number of allylic oxidation sites excluding steroid dienone is 4. The average Bonchev–Trinajstić information content (AvgIpc) is 3.10. The molecule has 1 aromatic carbocycles. The van der Waals surface area contributed by atoms with Crippen LogP contribution in [-0.4, -0.2) is 21.5 Å². The van der Waals surface area contributed by atoms with Gasteiger partial charge >= 0.3 is 0 Å². The molecule has 0 fully saturated rings. The molecule has 2 heterocycles. The molecule has 0 saturated heterocycles. The average molecular weight is 344 g/mol. The maximum atomic E-state index is 13.3. The van der Waals surface area contributed by atoms with Crippen molar-refractivity contribution in [3.8, 4) is 22.4 Å². The summed E-state index contributed by atoms with van der Waals surface area (Å²) in [6, 6.07) is 9.74. The van der Waals surface area contributed by atoms with Gasteiger partial charge in [0.05, 0.1) is 5.69 Å². The number of pyridine rings is 1. The smallest absolute Gasteiger partial charge is 0.186 e. The third-order valence-corrected chi connectivity index (χ3v) is 4.22. The summed E-state index contributed by atoms with van der Waals surface area (Å²) in [6.45, 7) is 0. The molecule has 1 N–H and O–H groups in total. The Morgan fingerprint density at radius 3 is 2.35 bits per heavy atom. The number of ketones is 2. The number of rotatable bonds is 3. The molecule has 0 spiro atoms. The fourth-order valence-corrected chi connectivity index (χ4v) is 3.02. The number of aromatic nitrogens is 2. The predicted molar refractivity (Wildman–Crippen MR) is 96.5 cm³/mol. The van der Waals surface area contributed by atoms with E-state index in [2.05, 4.69) is 9.97 Å². The Hall–Kier alpha value is -3.60. The highest BCUT2D eigenvalue weighted by atomic mass is 19.1. The van der Waals surface area contributed by atoms with Crippen molar-refractivity contribution in [2.45, 2.75) is 0 Å². The molecule has 0 aliphatic heterocycles. The predicted octanol–water partition coefficient (Wildman–Crippen LogP) is 3.97. The van der Waals surface area contributed by atoms with Gasteiger partial charge in [0, 0.05) is 35.3 Å². The van der Waals surface area contributed by atoms with Gasteiger partial charge in [-0.15, -0.1) is 0 Å². The molecular weight excluding hydrogens is 331 g/mol. The van der Waals surface area contributed by atoms with E-state index in [0.29, 0.717) is 11.1 Å². The van der Waals surface area contributed by atoms with Gasteiger partial charge in [0.15, 0.2) is 11.6 Å². The lowest BCUT2D eigenvalue weighted by atomic mass is 9.90. The van der Waals surface area contributed by atoms with Crippen molar-refractivity contribution in [3.05, 3.63) is 84.6 Å². The molecule has 1 aliphatic rings. The molecule has 4 nitrogen and oxygen atoms in total. The van der Waals surface area contributed by atoms with Crippen molar-refractivity contribution in [3.63, 3.8) is 0 Å². The first-order valence-electron chi connectivity index (χ1n) is 7.99. The third kappa shape index (κ3) is 2.80. The van der Waals surface area contributed by atoms with Crippen molar-refractivity contribution in [1.29, 1.82) is 0 Å². The maximum absolute atomic E-state index is 13.3. The molecule has 0 unspecified atom stereocenters. The molecule has 126 valence electrons. The standard InChI is InChI=1S/C21H13FN2O2/c22-15-3-1-14(2-4-15)21-20(13-7-9-23-10-8-13)18(12-24-21)17-11-16(25)5-6-19(17)26/h1-12,24H. The second kappa shape index (κ2) is 6.37. The summed E-state index contributed by atoms with van der Waals surface area (Å²) in [6.07, 6.45) is 8.88. The molecule has 0 radical (unpaired) electrons. The van der Waals surface area contributed by atoms with Crippen molar-refractivity contribution < 1.29 is 14.0 Å². The van der Waals surface area contributed by atoms with E-state index in [9.17, 15) is 14.0 Å². The van der Waals surface area contributed by atoms with Crippen LogP contribution in [-0.2, 0) is 9.59 Å². The van der Waals surface area contributed by atoms with Gasteiger partial charge in [-0.3, -0.25) is 14.6 Å². The molecular formula is C21H13FN2O2. The first kappa shape index (κ1) is 15.9. The van der Waals surface area contributed by atoms with Crippen LogP contribution in [0.5, 0.6) is 0 Å². The Morgan fingerprint density at radius 1 is 0.885 bits per heavy atom. The molecule has 0 bridgehead atoms. The quantitative estimate of drug-likeness (QED) is 0.731. The summed E-state index contributed by atoms with van der Waals surface area (Å²) in [4.78, 5) is 31.3. The van der Waals surface area contributed by atoms with Gasteiger partial charge < -0.3 is 4.98 Å². The van der Waals surface area contributed by atoms with Gasteiger partial charge in [-0.1, -0.05) is 0 Å². The SMILES string of the molecule is O=C1C=CC(=O)C(c2c[nH]c(-c3ccc(F)cc3)c2-c2ccncc2)=C1. The van der Waals surface area contributed by atoms with Crippen LogP contribution >= 0.6 is 0 Å². The third-order valence-electron chi connectivity index (χ3n) is 4.22. The van der Waals surface area contributed by atoms with E-state index in [1.165, 1.54) is 30.4 Å². The van der Waals surface area contributed by atoms with Crippen LogP contribution in [0.15, 0.2) is 73.2 Å². The molecule has 0 atom stereocenters. The topological polar surface area (TPSA) is 62.8 Å². The Balaban J connectivity index is 1.95. The van der Waals surface area contributed by atoms with Crippen LogP contribution in [0.1, 0.15) is 5.56 Å². The zero-order chi connectivity index (χ0) is 18.1. The van der Waals surface area contributed by atoms with Crippen molar-refractivity contribution in [2.24, 2.45) is 0 Å². The largest absolute Gasteiger partial charge is 0.360 e. The number of nitrogens with zero attached hydrogens (tertiary/aromatic N) is 1. The van der Waals surface area contributed by atoms with Crippen LogP contribution in [0.2, 0.25) is 0 Å². The highest BCUT2D eigenvalue weighted by Crippen LogP contribution is 2.38. The van der Waals surface area contributed by atoms with Crippen LogP contribution in [0.25, 0.3) is 28.0 Å². The molecule has 2 aromatic heterocycles. The number of H-pyrrole nitrogens is 1. The number of aromatic amines is 1. The van der Waals surface area contributed by atoms with Gasteiger partial charge in [-0.25, -0.2) is 4.39 Å². The van der Waals surface area contributed by atoms with Gasteiger partial charge in [-0.05, 0) is 65.8 Å². The number of hydrogen-bond acceptors (Lipinski definition) is 3. The lowest BCUT2D eigenvalue weighted by Gasteiger charge is -2.11. The zero-order valence-corrected chi connectivity index (χ0v) is 13.6. The highest BCUT2D eigenvalue weighted by molar-refractivity contribution is 6.35. The van der Waals surface area contributed by atoms with E-state index in [1.807, 2.05) is 12.1 Å². The van der Waals surface area contributed by atoms with Gasteiger partial charge in [0.1, 0.15) is 5.82 Å². The number of carbonyl (C=O) groups is 2. The first-order chi connectivity index (χ1) is 12.6. The van der Waals surface area contributed by atoms with Crippen LogP contribution < -0.4 is 0 Å². The fourth-order valence-electron chi connectivity index (χ4n) is 3.02. The van der Waals surface area contributed by atoms with Crippen LogP contribution in [0.4, 0.5) is 4.39 Å². The molecule has 5 heteroatoms. The van der Waals surface area contributed by atoms with E-state index in [-0.39, 0.29) is 17.4 Å². The van der Waals surface area contributed by atoms with E-state index in [4.69, 9.17) is 0 Å². The maximum Gasteiger partial charge on any atom is 0.186 e. The Bertz CT molecular complexity index is 1060. The fraction of sp³-hybridized carbons (Fsp3) is 0. The Labute approximate surface area is 148 Å². The van der Waals surface area contributed by atoms with Gasteiger partial charge in [-0.2, -0.15) is 0 Å². The number of nitrogens with one attached hydrogen (secondary N) is 1. The van der Waals surface area contributed by atoms with Crippen LogP contribution in [0, 0.1) is 5.82 Å². The number of halogens is 1. The minimum atomic E-state index is -0.327. The monoisotopic (exact) mass is 344 g/mol. The van der Waals surface area contributed by atoms with Crippen molar-refractivity contribution in [2.75, 3.05) is 0 Å². The lowest BCUT2D eigenvalue weighted by Crippen LogP contribution is -2.06. The van der Waals surface area contributed by atoms with E-state index >= 15 is 0 Å². The molecule has 0 saturated carbocycles. The summed E-state index contributed by atoms with van der Waals surface area (Å²) < 4.78 is 13.3. The minimum Gasteiger partial charge on any atom is -0.360 e. The summed E-state index contributed by atoms with van der Waals surface area (Å²) in [7, 11) is 0. The van der Waals surface area contributed by atoms with Crippen molar-refractivity contribution in [1.82, 2.24) is 9.97 Å².